The number of methoxy groups -OCH3 is 1. The molecule has 16 heavy (non-hydrogen) atoms. The molecule has 2 heterocycles. The van der Waals surface area contributed by atoms with Crippen LogP contribution in [0.5, 0.6) is 5.88 Å². The van der Waals surface area contributed by atoms with Gasteiger partial charge < -0.3 is 9.26 Å². The molecule has 0 aliphatic rings. The monoisotopic (exact) mass is 220 g/mol. The third-order valence-corrected chi connectivity index (χ3v) is 1.84. The van der Waals surface area contributed by atoms with E-state index in [9.17, 15) is 0 Å². The van der Waals surface area contributed by atoms with E-state index in [-0.39, 0.29) is 0 Å². The van der Waals surface area contributed by atoms with Gasteiger partial charge >= 0.3 is 0 Å². The van der Waals surface area contributed by atoms with Crippen molar-refractivity contribution in [1.82, 2.24) is 10.1 Å². The summed E-state index contributed by atoms with van der Waals surface area (Å²) in [6.07, 6.45) is 1.78. The summed E-state index contributed by atoms with van der Waals surface area (Å²) in [5, 5.41) is 3.64. The molecule has 0 aliphatic heterocycles. The lowest BCUT2D eigenvalue weighted by molar-refractivity contribution is 0.393. The maximum atomic E-state index is 4.86. The van der Waals surface area contributed by atoms with Crippen molar-refractivity contribution in [2.45, 2.75) is 20.8 Å². The van der Waals surface area contributed by atoms with Crippen LogP contribution in [0.15, 0.2) is 28.9 Å². The van der Waals surface area contributed by atoms with Gasteiger partial charge in [0.15, 0.2) is 0 Å². The fourth-order valence-electron chi connectivity index (χ4n) is 1.07. The van der Waals surface area contributed by atoms with Crippen molar-refractivity contribution < 1.29 is 9.26 Å². The molecule has 0 radical (unpaired) electrons. The minimum absolute atomic E-state index is 0.667. The summed E-state index contributed by atoms with van der Waals surface area (Å²) in [7, 11) is 1.61. The second kappa shape index (κ2) is 5.90. The van der Waals surface area contributed by atoms with E-state index in [2.05, 4.69) is 10.1 Å². The van der Waals surface area contributed by atoms with Crippen molar-refractivity contribution in [2.24, 2.45) is 0 Å². The lowest BCUT2D eigenvalue weighted by atomic mass is 10.3. The first-order valence-corrected chi connectivity index (χ1v) is 4.98. The molecular weight excluding hydrogens is 204 g/mol. The van der Waals surface area contributed by atoms with Crippen LogP contribution >= 0.6 is 0 Å². The Morgan fingerprint density at radius 1 is 1.19 bits per heavy atom. The van der Waals surface area contributed by atoms with Gasteiger partial charge in [-0.05, 0) is 26.3 Å². The third-order valence-electron chi connectivity index (χ3n) is 1.84. The maximum Gasteiger partial charge on any atom is 0.212 e. The first-order chi connectivity index (χ1) is 7.61. The van der Waals surface area contributed by atoms with E-state index in [4.69, 9.17) is 9.26 Å². The minimum Gasteiger partial charge on any atom is -0.481 e. The largest absolute Gasteiger partial charge is 0.481 e. The zero-order valence-corrected chi connectivity index (χ0v) is 10.0. The SMILES string of the molecule is COc1ccc(C)cn1.Cc1cc(C)on1. The van der Waals surface area contributed by atoms with E-state index in [1.807, 2.05) is 39.0 Å². The number of hydrogen-bond donors (Lipinski definition) is 0. The second-order valence-electron chi connectivity index (χ2n) is 3.46. The third kappa shape index (κ3) is 4.13. The normalized spacial score (nSPS) is 9.25. The van der Waals surface area contributed by atoms with Crippen LogP contribution in [0.25, 0.3) is 0 Å². The molecule has 2 rings (SSSR count). The number of hydrogen-bond acceptors (Lipinski definition) is 4. The molecular formula is C12H16N2O2. The molecule has 0 aliphatic carbocycles. The summed E-state index contributed by atoms with van der Waals surface area (Å²) in [6, 6.07) is 5.70. The molecule has 2 aromatic heterocycles. The molecule has 4 nitrogen and oxygen atoms in total. The summed E-state index contributed by atoms with van der Waals surface area (Å²) in [5.74, 6) is 1.54. The predicted octanol–water partition coefficient (Wildman–Crippen LogP) is 2.69. The molecule has 0 unspecified atom stereocenters. The summed E-state index contributed by atoms with van der Waals surface area (Å²) in [4.78, 5) is 3.97. The Balaban J connectivity index is 0.000000165. The minimum atomic E-state index is 0.667. The van der Waals surface area contributed by atoms with Crippen LogP contribution in [0.1, 0.15) is 17.0 Å². The zero-order valence-electron chi connectivity index (χ0n) is 10.0. The van der Waals surface area contributed by atoms with Crippen LogP contribution in [0, 0.1) is 20.8 Å². The maximum absolute atomic E-state index is 4.86. The highest BCUT2D eigenvalue weighted by Crippen LogP contribution is 2.04. The van der Waals surface area contributed by atoms with Gasteiger partial charge in [-0.1, -0.05) is 11.2 Å². The van der Waals surface area contributed by atoms with Crippen molar-refractivity contribution in [3.05, 3.63) is 41.4 Å². The molecule has 0 amide bonds. The van der Waals surface area contributed by atoms with E-state index < -0.39 is 0 Å². The number of rotatable bonds is 1. The van der Waals surface area contributed by atoms with Gasteiger partial charge in [0, 0.05) is 18.3 Å². The van der Waals surface area contributed by atoms with E-state index in [0.717, 1.165) is 17.0 Å². The van der Waals surface area contributed by atoms with Gasteiger partial charge in [0.2, 0.25) is 5.88 Å². The quantitative estimate of drug-likeness (QED) is 0.741. The lowest BCUT2D eigenvalue weighted by Gasteiger charge is -1.95. The highest BCUT2D eigenvalue weighted by molar-refractivity contribution is 5.15. The highest BCUT2D eigenvalue weighted by atomic mass is 16.5. The fourth-order valence-corrected chi connectivity index (χ4v) is 1.07. The lowest BCUT2D eigenvalue weighted by Crippen LogP contribution is -1.85. The highest BCUT2D eigenvalue weighted by Gasteiger charge is 1.88. The van der Waals surface area contributed by atoms with Gasteiger partial charge in [-0.2, -0.15) is 0 Å². The van der Waals surface area contributed by atoms with E-state index in [1.165, 1.54) is 0 Å². The van der Waals surface area contributed by atoms with Crippen molar-refractivity contribution in [3.8, 4) is 5.88 Å². The van der Waals surface area contributed by atoms with Crippen molar-refractivity contribution in [3.63, 3.8) is 0 Å². The van der Waals surface area contributed by atoms with Gasteiger partial charge in [-0.25, -0.2) is 4.98 Å². The van der Waals surface area contributed by atoms with Gasteiger partial charge in [-0.15, -0.1) is 0 Å². The first kappa shape index (κ1) is 12.2. The van der Waals surface area contributed by atoms with Crippen LogP contribution in [-0.2, 0) is 0 Å². The number of aryl methyl sites for hydroxylation is 3. The van der Waals surface area contributed by atoms with Crippen LogP contribution in [0.4, 0.5) is 0 Å². The molecule has 0 bridgehead atoms. The average molecular weight is 220 g/mol. The Bertz CT molecular complexity index is 404. The summed E-state index contributed by atoms with van der Waals surface area (Å²) in [6.45, 7) is 5.77. The Labute approximate surface area is 95.3 Å². The van der Waals surface area contributed by atoms with Gasteiger partial charge in [-0.3, -0.25) is 0 Å². The van der Waals surface area contributed by atoms with Crippen molar-refractivity contribution in [1.29, 1.82) is 0 Å². The predicted molar refractivity (Wildman–Crippen MR) is 61.5 cm³/mol. The Morgan fingerprint density at radius 3 is 2.25 bits per heavy atom. The zero-order chi connectivity index (χ0) is 12.0. The molecule has 86 valence electrons. The van der Waals surface area contributed by atoms with Gasteiger partial charge in [0.05, 0.1) is 12.8 Å². The Morgan fingerprint density at radius 2 is 1.94 bits per heavy atom. The molecule has 0 aromatic carbocycles. The molecule has 0 saturated heterocycles. The van der Waals surface area contributed by atoms with E-state index >= 15 is 0 Å². The van der Waals surface area contributed by atoms with Crippen molar-refractivity contribution in [2.75, 3.05) is 7.11 Å². The smallest absolute Gasteiger partial charge is 0.212 e. The fraction of sp³-hybridized carbons (Fsp3) is 0.333. The van der Waals surface area contributed by atoms with Gasteiger partial charge in [0.1, 0.15) is 5.76 Å². The van der Waals surface area contributed by atoms with Crippen LogP contribution < -0.4 is 4.74 Å². The number of ether oxygens (including phenoxy) is 1. The molecule has 0 saturated carbocycles. The van der Waals surface area contributed by atoms with E-state index in [0.29, 0.717) is 5.88 Å². The van der Waals surface area contributed by atoms with E-state index in [1.54, 1.807) is 13.3 Å². The van der Waals surface area contributed by atoms with Crippen molar-refractivity contribution >= 4 is 0 Å². The number of pyridine rings is 1. The second-order valence-corrected chi connectivity index (χ2v) is 3.46. The van der Waals surface area contributed by atoms with Crippen LogP contribution in [-0.4, -0.2) is 17.3 Å². The number of aromatic nitrogens is 2. The average Bonchev–Trinajstić information content (AvgIpc) is 2.65. The van der Waals surface area contributed by atoms with Gasteiger partial charge in [0.25, 0.3) is 0 Å². The summed E-state index contributed by atoms with van der Waals surface area (Å²) < 4.78 is 9.57. The molecule has 0 fully saturated rings. The molecule has 2 aromatic rings. The standard InChI is InChI=1S/C7H9NO.C5H7NO/c1-6-3-4-7(9-2)8-5-6;1-4-3-5(2)7-6-4/h3-5H,1-2H3;3H,1-2H3. The number of nitrogens with zero attached hydrogens (tertiary/aromatic N) is 2. The Kier molecular flexibility index (Phi) is 4.51. The molecule has 4 heteroatoms. The summed E-state index contributed by atoms with van der Waals surface area (Å²) >= 11 is 0. The van der Waals surface area contributed by atoms with Crippen LogP contribution in [0.2, 0.25) is 0 Å². The first-order valence-electron chi connectivity index (χ1n) is 4.98. The topological polar surface area (TPSA) is 48.2 Å². The summed E-state index contributed by atoms with van der Waals surface area (Å²) in [5.41, 5.74) is 2.09. The molecule has 0 spiro atoms. The molecule has 0 atom stereocenters. The van der Waals surface area contributed by atoms with Crippen LogP contribution in [0.3, 0.4) is 0 Å². The Hall–Kier alpha value is -1.84. The molecule has 0 N–H and O–H groups in total.